The molecule has 1 N–H and O–H groups in total. The highest BCUT2D eigenvalue weighted by Gasteiger charge is 2.15. The highest BCUT2D eigenvalue weighted by molar-refractivity contribution is 6.08. The maximum absolute atomic E-state index is 11.6. The van der Waals surface area contributed by atoms with Gasteiger partial charge in [-0.2, -0.15) is 0 Å². The third-order valence-corrected chi connectivity index (χ3v) is 2.09. The minimum Gasteiger partial charge on any atom is -0.458 e. The Balaban J connectivity index is 2.02. The van der Waals surface area contributed by atoms with Gasteiger partial charge in [0.2, 0.25) is 5.78 Å². The van der Waals surface area contributed by atoms with Crippen LogP contribution in [0.2, 0.25) is 0 Å². The number of carbonyl (C=O) groups excluding carboxylic acids is 1. The van der Waals surface area contributed by atoms with Crippen molar-refractivity contribution in [1.29, 1.82) is 0 Å². The summed E-state index contributed by atoms with van der Waals surface area (Å²) in [5.74, 6) is 1.92. The Labute approximate surface area is 82.0 Å². The Hall–Kier alpha value is -1.58. The second-order valence-electron chi connectivity index (χ2n) is 3.27. The van der Waals surface area contributed by atoms with E-state index in [1.807, 2.05) is 6.92 Å². The van der Waals surface area contributed by atoms with E-state index in [-0.39, 0.29) is 5.78 Å². The lowest BCUT2D eigenvalue weighted by molar-refractivity contribution is 0.0972. The Bertz CT molecular complexity index is 379. The monoisotopic (exact) mass is 192 g/mol. The lowest BCUT2D eigenvalue weighted by Gasteiger charge is -1.98. The zero-order valence-corrected chi connectivity index (χ0v) is 8.04. The quantitative estimate of drug-likeness (QED) is 0.731. The molecule has 0 saturated heterocycles. The summed E-state index contributed by atoms with van der Waals surface area (Å²) in [6, 6.07) is 3.49. The van der Waals surface area contributed by atoms with Gasteiger partial charge in [-0.15, -0.1) is 0 Å². The van der Waals surface area contributed by atoms with Gasteiger partial charge in [-0.05, 0) is 19.1 Å². The molecule has 1 aromatic heterocycles. The van der Waals surface area contributed by atoms with Crippen LogP contribution in [0.3, 0.4) is 0 Å². The van der Waals surface area contributed by atoms with E-state index >= 15 is 0 Å². The number of amidine groups is 1. The van der Waals surface area contributed by atoms with Crippen LogP contribution < -0.4 is 5.32 Å². The van der Waals surface area contributed by atoms with Crippen LogP contribution >= 0.6 is 0 Å². The molecular weight excluding hydrogens is 180 g/mol. The molecule has 0 radical (unpaired) electrons. The molecular formula is C10H12N2O2. The predicted molar refractivity (Wildman–Crippen MR) is 52.7 cm³/mol. The molecule has 4 nitrogen and oxygen atoms in total. The summed E-state index contributed by atoms with van der Waals surface area (Å²) in [4.78, 5) is 15.8. The molecule has 0 bridgehead atoms. The van der Waals surface area contributed by atoms with E-state index in [0.717, 1.165) is 24.7 Å². The van der Waals surface area contributed by atoms with Crippen molar-refractivity contribution < 1.29 is 9.21 Å². The summed E-state index contributed by atoms with van der Waals surface area (Å²) >= 11 is 0. The number of carbonyl (C=O) groups is 1. The maximum atomic E-state index is 11.6. The number of aliphatic imine (C=N–C) groups is 1. The van der Waals surface area contributed by atoms with Crippen molar-refractivity contribution in [2.24, 2.45) is 4.99 Å². The first-order valence-electron chi connectivity index (χ1n) is 4.62. The van der Waals surface area contributed by atoms with E-state index < -0.39 is 0 Å². The Morgan fingerprint density at radius 3 is 3.07 bits per heavy atom. The predicted octanol–water partition coefficient (Wildman–Crippen LogP) is 1.16. The lowest BCUT2D eigenvalue weighted by Crippen LogP contribution is -2.21. The molecule has 2 rings (SSSR count). The highest BCUT2D eigenvalue weighted by atomic mass is 16.3. The molecule has 4 heteroatoms. The second-order valence-corrected chi connectivity index (χ2v) is 3.27. The van der Waals surface area contributed by atoms with E-state index in [4.69, 9.17) is 4.42 Å². The van der Waals surface area contributed by atoms with Gasteiger partial charge in [0.25, 0.3) is 0 Å². The largest absolute Gasteiger partial charge is 0.458 e. The molecule has 0 unspecified atom stereocenters. The number of nitrogens with zero attached hydrogens (tertiary/aromatic N) is 1. The number of hydrogen-bond acceptors (Lipinski definition) is 4. The van der Waals surface area contributed by atoms with E-state index in [1.165, 1.54) is 0 Å². The van der Waals surface area contributed by atoms with Crippen molar-refractivity contribution in [2.75, 3.05) is 13.1 Å². The summed E-state index contributed by atoms with van der Waals surface area (Å²) in [6.45, 7) is 3.42. The fourth-order valence-corrected chi connectivity index (χ4v) is 1.39. The van der Waals surface area contributed by atoms with Crippen LogP contribution in [0.4, 0.5) is 0 Å². The second kappa shape index (κ2) is 3.65. The van der Waals surface area contributed by atoms with Crippen LogP contribution in [-0.2, 0) is 0 Å². The van der Waals surface area contributed by atoms with Crippen LogP contribution in [0.15, 0.2) is 21.5 Å². The average Bonchev–Trinajstić information content (AvgIpc) is 2.75. The molecule has 0 aliphatic carbocycles. The van der Waals surface area contributed by atoms with Crippen molar-refractivity contribution in [3.63, 3.8) is 0 Å². The van der Waals surface area contributed by atoms with Crippen LogP contribution in [0.5, 0.6) is 0 Å². The standard InChI is InChI=1S/C10H12N2O2/c1-7-2-3-9(14-7)8(13)6-10-11-4-5-12-10/h2-3H,4-6H2,1H3,(H,11,12). The van der Waals surface area contributed by atoms with Gasteiger partial charge in [0.1, 0.15) is 11.6 Å². The number of rotatable bonds is 3. The molecule has 74 valence electrons. The van der Waals surface area contributed by atoms with Crippen molar-refractivity contribution in [3.8, 4) is 0 Å². The zero-order valence-electron chi connectivity index (χ0n) is 8.04. The van der Waals surface area contributed by atoms with Crippen LogP contribution in [-0.4, -0.2) is 24.7 Å². The van der Waals surface area contributed by atoms with Crippen LogP contribution in [0.1, 0.15) is 22.7 Å². The van der Waals surface area contributed by atoms with Crippen LogP contribution in [0.25, 0.3) is 0 Å². The summed E-state index contributed by atoms with van der Waals surface area (Å²) in [7, 11) is 0. The Kier molecular flexibility index (Phi) is 2.35. The molecule has 0 spiro atoms. The van der Waals surface area contributed by atoms with Gasteiger partial charge in [-0.3, -0.25) is 9.79 Å². The minimum atomic E-state index is -0.0220. The van der Waals surface area contributed by atoms with E-state index in [2.05, 4.69) is 10.3 Å². The van der Waals surface area contributed by atoms with Crippen LogP contribution in [0, 0.1) is 6.92 Å². The smallest absolute Gasteiger partial charge is 0.205 e. The van der Waals surface area contributed by atoms with Gasteiger partial charge in [-0.25, -0.2) is 0 Å². The summed E-state index contributed by atoms with van der Waals surface area (Å²) in [6.07, 6.45) is 0.312. The van der Waals surface area contributed by atoms with Gasteiger partial charge in [0.05, 0.1) is 13.0 Å². The van der Waals surface area contributed by atoms with E-state index in [9.17, 15) is 4.79 Å². The van der Waals surface area contributed by atoms with Gasteiger partial charge in [-0.1, -0.05) is 0 Å². The molecule has 0 atom stereocenters. The molecule has 0 saturated carbocycles. The van der Waals surface area contributed by atoms with E-state index in [0.29, 0.717) is 12.2 Å². The van der Waals surface area contributed by atoms with Crippen molar-refractivity contribution in [2.45, 2.75) is 13.3 Å². The molecule has 0 fully saturated rings. The molecule has 0 aromatic carbocycles. The van der Waals surface area contributed by atoms with Crippen molar-refractivity contribution >= 4 is 11.6 Å². The van der Waals surface area contributed by atoms with Gasteiger partial charge in [0, 0.05) is 6.54 Å². The van der Waals surface area contributed by atoms with E-state index in [1.54, 1.807) is 12.1 Å². The fourth-order valence-electron chi connectivity index (χ4n) is 1.39. The maximum Gasteiger partial charge on any atom is 0.205 e. The Morgan fingerprint density at radius 2 is 2.50 bits per heavy atom. The first kappa shape index (κ1) is 8.99. The SMILES string of the molecule is Cc1ccc(C(=O)CC2=NCCN2)o1. The average molecular weight is 192 g/mol. The first-order valence-corrected chi connectivity index (χ1v) is 4.62. The number of ketones is 1. The van der Waals surface area contributed by atoms with Gasteiger partial charge < -0.3 is 9.73 Å². The molecule has 14 heavy (non-hydrogen) atoms. The van der Waals surface area contributed by atoms with Gasteiger partial charge >= 0.3 is 0 Å². The highest BCUT2D eigenvalue weighted by Crippen LogP contribution is 2.09. The molecule has 1 aliphatic rings. The molecule has 1 aliphatic heterocycles. The van der Waals surface area contributed by atoms with Gasteiger partial charge in [0.15, 0.2) is 5.76 Å². The Morgan fingerprint density at radius 1 is 1.64 bits per heavy atom. The molecule has 1 aromatic rings. The van der Waals surface area contributed by atoms with Crippen molar-refractivity contribution in [1.82, 2.24) is 5.32 Å². The normalized spacial score (nSPS) is 15.1. The topological polar surface area (TPSA) is 54.6 Å². The number of nitrogens with one attached hydrogen (secondary N) is 1. The summed E-state index contributed by atoms with van der Waals surface area (Å²) in [5, 5.41) is 3.05. The zero-order chi connectivity index (χ0) is 9.97. The number of furan rings is 1. The number of Topliss-reactive ketones (excluding diaryl/α,β-unsaturated/α-hetero) is 1. The third-order valence-electron chi connectivity index (χ3n) is 2.09. The third kappa shape index (κ3) is 1.84. The molecule has 0 amide bonds. The minimum absolute atomic E-state index is 0.0220. The number of aryl methyl sites for hydroxylation is 1. The number of hydrogen-bond donors (Lipinski definition) is 1. The lowest BCUT2D eigenvalue weighted by atomic mass is 10.2. The fraction of sp³-hybridized carbons (Fsp3) is 0.400. The van der Waals surface area contributed by atoms with Crippen molar-refractivity contribution in [3.05, 3.63) is 23.7 Å². The first-order chi connectivity index (χ1) is 6.75. The summed E-state index contributed by atoms with van der Waals surface area (Å²) < 4.78 is 5.22. The molecule has 2 heterocycles. The summed E-state index contributed by atoms with van der Waals surface area (Å²) in [5.41, 5.74) is 0.